The molecule has 1 rings (SSSR count). The lowest BCUT2D eigenvalue weighted by Crippen LogP contribution is -2.41. The molecule has 4 nitrogen and oxygen atoms in total. The number of benzene rings is 1. The number of rotatable bonds is 8. The minimum Gasteiger partial charge on any atom is -0.491 e. The molecule has 0 aromatic heterocycles. The van der Waals surface area contributed by atoms with Crippen molar-refractivity contribution in [1.82, 2.24) is 0 Å². The Labute approximate surface area is 151 Å². The minimum absolute atomic E-state index is 0.128. The van der Waals surface area contributed by atoms with E-state index in [9.17, 15) is 9.18 Å². The highest BCUT2D eigenvalue weighted by molar-refractivity contribution is 6.74. The van der Waals surface area contributed by atoms with Gasteiger partial charge in [0.15, 0.2) is 8.32 Å². The van der Waals surface area contributed by atoms with Gasteiger partial charge in [0.2, 0.25) is 5.83 Å². The van der Waals surface area contributed by atoms with Gasteiger partial charge in [0.05, 0.1) is 13.2 Å². The Balaban J connectivity index is 2.69. The van der Waals surface area contributed by atoms with Crippen molar-refractivity contribution in [3.8, 4) is 5.75 Å². The van der Waals surface area contributed by atoms with Gasteiger partial charge in [-0.2, -0.15) is 4.39 Å². The van der Waals surface area contributed by atoms with Gasteiger partial charge < -0.3 is 13.9 Å². The van der Waals surface area contributed by atoms with Crippen molar-refractivity contribution in [3.63, 3.8) is 0 Å². The van der Waals surface area contributed by atoms with Crippen LogP contribution in [0.15, 0.2) is 30.1 Å². The van der Waals surface area contributed by atoms with Crippen molar-refractivity contribution in [2.75, 3.05) is 19.8 Å². The first-order valence-corrected chi connectivity index (χ1v) is 11.4. The molecule has 0 saturated heterocycles. The Kier molecular flexibility index (Phi) is 7.83. The fourth-order valence-electron chi connectivity index (χ4n) is 1.79. The van der Waals surface area contributed by atoms with Crippen LogP contribution < -0.4 is 4.74 Å². The first-order valence-electron chi connectivity index (χ1n) is 8.48. The van der Waals surface area contributed by atoms with E-state index in [1.165, 1.54) is 0 Å². The number of ether oxygens (including phenoxy) is 2. The van der Waals surface area contributed by atoms with Gasteiger partial charge in [-0.05, 0) is 37.2 Å². The molecule has 6 heteroatoms. The number of carbonyl (C=O) groups excluding carboxylic acids is 1. The molecule has 0 radical (unpaired) electrons. The molecule has 0 atom stereocenters. The maximum Gasteiger partial charge on any atom is 0.367 e. The molecule has 0 amide bonds. The van der Waals surface area contributed by atoms with Crippen LogP contribution in [0.25, 0.3) is 6.08 Å². The quantitative estimate of drug-likeness (QED) is 0.281. The molecule has 0 unspecified atom stereocenters. The molecule has 140 valence electrons. The number of halogens is 1. The van der Waals surface area contributed by atoms with Gasteiger partial charge >= 0.3 is 5.97 Å². The summed E-state index contributed by atoms with van der Waals surface area (Å²) in [7, 11) is -1.82. The van der Waals surface area contributed by atoms with Crippen LogP contribution in [0.4, 0.5) is 4.39 Å². The van der Waals surface area contributed by atoms with Gasteiger partial charge in [-0.15, -0.1) is 0 Å². The van der Waals surface area contributed by atoms with Crippen LogP contribution in [-0.2, 0) is 14.0 Å². The van der Waals surface area contributed by atoms with E-state index in [4.69, 9.17) is 9.16 Å². The summed E-state index contributed by atoms with van der Waals surface area (Å²) in [4.78, 5) is 11.4. The highest BCUT2D eigenvalue weighted by atomic mass is 28.4. The third-order valence-electron chi connectivity index (χ3n) is 4.28. The van der Waals surface area contributed by atoms with Crippen molar-refractivity contribution in [2.45, 2.75) is 45.8 Å². The maximum atomic E-state index is 13.8. The molecule has 0 saturated carbocycles. The van der Waals surface area contributed by atoms with Gasteiger partial charge in [0, 0.05) is 5.56 Å². The summed E-state index contributed by atoms with van der Waals surface area (Å²) >= 11 is 0. The van der Waals surface area contributed by atoms with Crippen molar-refractivity contribution >= 4 is 20.4 Å². The molecule has 0 aliphatic carbocycles. The normalized spacial score (nSPS) is 12.8. The number of carbonyl (C=O) groups is 1. The summed E-state index contributed by atoms with van der Waals surface area (Å²) in [5.74, 6) is -1.42. The predicted octanol–water partition coefficient (Wildman–Crippen LogP) is 4.96. The molecular weight excluding hydrogens is 339 g/mol. The first kappa shape index (κ1) is 21.4. The summed E-state index contributed by atoms with van der Waals surface area (Å²) < 4.78 is 30.3. The lowest BCUT2D eigenvalue weighted by Gasteiger charge is -2.36. The van der Waals surface area contributed by atoms with Crippen LogP contribution in [0.3, 0.4) is 0 Å². The number of para-hydroxylation sites is 1. The van der Waals surface area contributed by atoms with Crippen molar-refractivity contribution < 1.29 is 23.1 Å². The second-order valence-electron chi connectivity index (χ2n) is 7.21. The summed E-state index contributed by atoms with van der Waals surface area (Å²) in [5.41, 5.74) is 0.486. The molecule has 0 heterocycles. The Morgan fingerprint density at radius 3 is 2.44 bits per heavy atom. The molecule has 0 fully saturated rings. The van der Waals surface area contributed by atoms with Gasteiger partial charge in [-0.1, -0.05) is 39.0 Å². The van der Waals surface area contributed by atoms with Crippen molar-refractivity contribution in [1.29, 1.82) is 0 Å². The molecule has 0 N–H and O–H groups in total. The van der Waals surface area contributed by atoms with E-state index in [1.807, 2.05) is 0 Å². The smallest absolute Gasteiger partial charge is 0.367 e. The number of esters is 1. The lowest BCUT2D eigenvalue weighted by atomic mass is 10.2. The zero-order valence-electron chi connectivity index (χ0n) is 16.0. The largest absolute Gasteiger partial charge is 0.491 e. The molecule has 0 spiro atoms. The fraction of sp³-hybridized carbons (Fsp3) is 0.526. The second-order valence-corrected chi connectivity index (χ2v) is 12.0. The van der Waals surface area contributed by atoms with E-state index >= 15 is 0 Å². The zero-order chi connectivity index (χ0) is 19.1. The van der Waals surface area contributed by atoms with Gasteiger partial charge in [0.25, 0.3) is 0 Å². The standard InChI is InChI=1S/C19H29FO4Si/c1-7-22-18(21)16(20)14-15-10-8-9-11-17(15)23-12-13-24-25(5,6)19(2,3)4/h8-11,14H,7,12-13H2,1-6H3. The monoisotopic (exact) mass is 368 g/mol. The second kappa shape index (κ2) is 9.15. The van der Waals surface area contributed by atoms with Gasteiger partial charge in [0.1, 0.15) is 12.4 Å². The third-order valence-corrected chi connectivity index (χ3v) is 8.82. The topological polar surface area (TPSA) is 44.8 Å². The molecule has 1 aromatic carbocycles. The average molecular weight is 369 g/mol. The van der Waals surface area contributed by atoms with E-state index in [0.717, 1.165) is 6.08 Å². The molecule has 0 aliphatic rings. The summed E-state index contributed by atoms with van der Waals surface area (Å²) in [6, 6.07) is 6.96. The van der Waals surface area contributed by atoms with Crippen LogP contribution in [0, 0.1) is 0 Å². The van der Waals surface area contributed by atoms with Crippen LogP contribution in [0.1, 0.15) is 33.3 Å². The van der Waals surface area contributed by atoms with E-state index in [0.29, 0.717) is 24.5 Å². The van der Waals surface area contributed by atoms with E-state index in [-0.39, 0.29) is 11.6 Å². The first-order chi connectivity index (χ1) is 11.6. The Morgan fingerprint density at radius 1 is 1.20 bits per heavy atom. The van der Waals surface area contributed by atoms with Crippen LogP contribution >= 0.6 is 0 Å². The molecule has 0 aliphatic heterocycles. The predicted molar refractivity (Wildman–Crippen MR) is 101 cm³/mol. The molecular formula is C19H29FO4Si. The minimum atomic E-state index is -1.82. The van der Waals surface area contributed by atoms with Crippen LogP contribution in [-0.4, -0.2) is 34.1 Å². The highest BCUT2D eigenvalue weighted by Gasteiger charge is 2.36. The lowest BCUT2D eigenvalue weighted by molar-refractivity contribution is -0.140. The Bertz CT molecular complexity index is 606. The summed E-state index contributed by atoms with van der Waals surface area (Å²) in [5, 5.41) is 0.135. The average Bonchev–Trinajstić information content (AvgIpc) is 2.52. The van der Waals surface area contributed by atoms with E-state index in [2.05, 4.69) is 38.6 Å². The number of hydrogen-bond acceptors (Lipinski definition) is 4. The van der Waals surface area contributed by atoms with Crippen molar-refractivity contribution in [2.24, 2.45) is 0 Å². The summed E-state index contributed by atoms with van der Waals surface area (Å²) in [6.45, 7) is 13.5. The molecule has 25 heavy (non-hydrogen) atoms. The molecule has 0 bridgehead atoms. The van der Waals surface area contributed by atoms with Crippen molar-refractivity contribution in [3.05, 3.63) is 35.7 Å². The van der Waals surface area contributed by atoms with E-state index in [1.54, 1.807) is 31.2 Å². The van der Waals surface area contributed by atoms with Crippen LogP contribution in [0.5, 0.6) is 5.75 Å². The zero-order valence-corrected chi connectivity index (χ0v) is 17.0. The molecule has 1 aromatic rings. The van der Waals surface area contributed by atoms with Gasteiger partial charge in [-0.25, -0.2) is 4.79 Å². The SMILES string of the molecule is CCOC(=O)C(F)=Cc1ccccc1OCCO[Si](C)(C)C(C)(C)C. The Hall–Kier alpha value is -1.66. The maximum absolute atomic E-state index is 13.8. The third kappa shape index (κ3) is 6.63. The van der Waals surface area contributed by atoms with E-state index < -0.39 is 20.1 Å². The number of hydrogen-bond donors (Lipinski definition) is 0. The Morgan fingerprint density at radius 2 is 1.84 bits per heavy atom. The fourth-order valence-corrected chi connectivity index (χ4v) is 2.82. The summed E-state index contributed by atoms with van der Waals surface area (Å²) in [6.07, 6.45) is 1.13. The highest BCUT2D eigenvalue weighted by Crippen LogP contribution is 2.36. The van der Waals surface area contributed by atoms with Gasteiger partial charge in [-0.3, -0.25) is 0 Å². The van der Waals surface area contributed by atoms with Crippen LogP contribution in [0.2, 0.25) is 18.1 Å².